The van der Waals surface area contributed by atoms with E-state index in [1.807, 2.05) is 0 Å². The normalized spacial score (nSPS) is 22.6. The van der Waals surface area contributed by atoms with Gasteiger partial charge in [0.1, 0.15) is 11.6 Å². The van der Waals surface area contributed by atoms with Gasteiger partial charge in [-0.15, -0.1) is 5.10 Å². The van der Waals surface area contributed by atoms with Gasteiger partial charge in [0.25, 0.3) is 0 Å². The van der Waals surface area contributed by atoms with Gasteiger partial charge in [-0.3, -0.25) is 4.79 Å². The van der Waals surface area contributed by atoms with E-state index in [1.165, 1.54) is 18.1 Å². The Morgan fingerprint density at radius 2 is 1.90 bits per heavy atom. The fourth-order valence-electron chi connectivity index (χ4n) is 3.75. The molecule has 9 heteroatoms. The molecule has 0 spiro atoms. The minimum absolute atomic E-state index is 0.0603. The predicted octanol–water partition coefficient (Wildman–Crippen LogP) is 3.23. The molecule has 1 aliphatic heterocycles. The Kier molecular flexibility index (Phi) is 5.68. The van der Waals surface area contributed by atoms with E-state index in [-0.39, 0.29) is 37.7 Å². The molecule has 1 saturated heterocycles. The Bertz CT molecular complexity index is 856. The number of rotatable bonds is 5. The highest BCUT2D eigenvalue weighted by atomic mass is 19.4. The standard InChI is InChI=1S/C20H23F3N4O2/c1-19(10-15-5-8-17(24)26-25-15)9-14(20(21,22)23)12-27(18(19)28)11-13-3-6-16(29-2)7-4-13/h3-8,14H,9-12H2,1-2H3,(H2,24,26)/t14-,19?/m1/s1. The number of benzene rings is 1. The van der Waals surface area contributed by atoms with Crippen molar-refractivity contribution in [1.82, 2.24) is 15.1 Å². The summed E-state index contributed by atoms with van der Waals surface area (Å²) < 4.78 is 45.9. The summed E-state index contributed by atoms with van der Waals surface area (Å²) >= 11 is 0. The van der Waals surface area contributed by atoms with Crippen molar-refractivity contribution in [2.45, 2.75) is 32.5 Å². The number of piperidine rings is 1. The number of halogens is 3. The van der Waals surface area contributed by atoms with E-state index >= 15 is 0 Å². The summed E-state index contributed by atoms with van der Waals surface area (Å²) in [6.45, 7) is 1.29. The Hall–Kier alpha value is -2.84. The van der Waals surface area contributed by atoms with Gasteiger partial charge in [-0.25, -0.2) is 0 Å². The van der Waals surface area contributed by atoms with E-state index in [0.29, 0.717) is 11.4 Å². The number of hydrogen-bond acceptors (Lipinski definition) is 5. The number of likely N-dealkylation sites (tertiary alicyclic amines) is 1. The highest BCUT2D eigenvalue weighted by molar-refractivity contribution is 5.83. The van der Waals surface area contributed by atoms with Crippen LogP contribution in [0.5, 0.6) is 5.75 Å². The topological polar surface area (TPSA) is 81.3 Å². The maximum atomic E-state index is 13.6. The molecule has 29 heavy (non-hydrogen) atoms. The highest BCUT2D eigenvalue weighted by Crippen LogP contribution is 2.43. The Labute approximate surface area is 166 Å². The number of methoxy groups -OCH3 is 1. The Balaban J connectivity index is 1.86. The van der Waals surface area contributed by atoms with Crippen molar-refractivity contribution in [2.24, 2.45) is 11.3 Å². The zero-order valence-corrected chi connectivity index (χ0v) is 16.2. The van der Waals surface area contributed by atoms with Gasteiger partial charge >= 0.3 is 6.18 Å². The van der Waals surface area contributed by atoms with Crippen LogP contribution in [0.3, 0.4) is 0 Å². The van der Waals surface area contributed by atoms with Crippen LogP contribution in [0.4, 0.5) is 19.0 Å². The van der Waals surface area contributed by atoms with Crippen LogP contribution >= 0.6 is 0 Å². The summed E-state index contributed by atoms with van der Waals surface area (Å²) in [5.41, 5.74) is 5.45. The monoisotopic (exact) mass is 408 g/mol. The average molecular weight is 408 g/mol. The van der Waals surface area contributed by atoms with Crippen LogP contribution < -0.4 is 10.5 Å². The van der Waals surface area contributed by atoms with Crippen molar-refractivity contribution in [3.63, 3.8) is 0 Å². The van der Waals surface area contributed by atoms with E-state index in [9.17, 15) is 18.0 Å². The van der Waals surface area contributed by atoms with Crippen LogP contribution in [-0.2, 0) is 17.8 Å². The van der Waals surface area contributed by atoms with Gasteiger partial charge in [0.05, 0.1) is 24.1 Å². The first-order chi connectivity index (χ1) is 13.6. The average Bonchev–Trinajstić information content (AvgIpc) is 2.67. The van der Waals surface area contributed by atoms with E-state index < -0.39 is 17.5 Å². The summed E-state index contributed by atoms with van der Waals surface area (Å²) in [5, 5.41) is 7.67. The molecule has 1 aromatic carbocycles. The molecule has 1 unspecified atom stereocenters. The predicted molar refractivity (Wildman–Crippen MR) is 101 cm³/mol. The number of amides is 1. The van der Waals surface area contributed by atoms with Crippen molar-refractivity contribution in [2.75, 3.05) is 19.4 Å². The maximum Gasteiger partial charge on any atom is 0.393 e. The van der Waals surface area contributed by atoms with Crippen LogP contribution in [0.2, 0.25) is 0 Å². The Morgan fingerprint density at radius 3 is 2.45 bits per heavy atom. The van der Waals surface area contributed by atoms with E-state index in [4.69, 9.17) is 10.5 Å². The quantitative estimate of drug-likeness (QED) is 0.822. The molecule has 2 aromatic rings. The van der Waals surface area contributed by atoms with Gasteiger partial charge in [0.2, 0.25) is 5.91 Å². The molecule has 2 atom stereocenters. The number of carbonyl (C=O) groups excluding carboxylic acids is 1. The third kappa shape index (κ3) is 4.78. The molecule has 1 fully saturated rings. The van der Waals surface area contributed by atoms with Crippen LogP contribution in [0.1, 0.15) is 24.6 Å². The van der Waals surface area contributed by atoms with Crippen molar-refractivity contribution in [3.8, 4) is 5.75 Å². The summed E-state index contributed by atoms with van der Waals surface area (Å²) in [6.07, 6.45) is -4.63. The molecule has 0 aliphatic carbocycles. The zero-order chi connectivity index (χ0) is 21.2. The lowest BCUT2D eigenvalue weighted by atomic mass is 9.72. The van der Waals surface area contributed by atoms with Gasteiger partial charge in [-0.1, -0.05) is 19.1 Å². The number of nitrogens with zero attached hydrogens (tertiary/aromatic N) is 3. The first-order valence-electron chi connectivity index (χ1n) is 9.18. The van der Waals surface area contributed by atoms with Crippen molar-refractivity contribution in [3.05, 3.63) is 47.7 Å². The molecule has 2 heterocycles. The molecular weight excluding hydrogens is 385 g/mol. The van der Waals surface area contributed by atoms with Gasteiger partial charge in [-0.05, 0) is 36.2 Å². The largest absolute Gasteiger partial charge is 0.497 e. The molecule has 0 radical (unpaired) electrons. The molecule has 1 aromatic heterocycles. The summed E-state index contributed by atoms with van der Waals surface area (Å²) in [5.74, 6) is -1.08. The second-order valence-corrected chi connectivity index (χ2v) is 7.66. The van der Waals surface area contributed by atoms with Gasteiger partial charge in [0, 0.05) is 19.5 Å². The smallest absolute Gasteiger partial charge is 0.393 e. The van der Waals surface area contributed by atoms with Gasteiger partial charge < -0.3 is 15.4 Å². The Morgan fingerprint density at radius 1 is 1.21 bits per heavy atom. The number of alkyl halides is 3. The van der Waals surface area contributed by atoms with E-state index in [0.717, 1.165) is 5.56 Å². The number of nitrogens with two attached hydrogens (primary N) is 1. The first kappa shape index (κ1) is 20.9. The lowest BCUT2D eigenvalue weighted by Crippen LogP contribution is -2.54. The molecule has 1 amide bonds. The van der Waals surface area contributed by atoms with Crippen LogP contribution in [0.25, 0.3) is 0 Å². The molecule has 0 bridgehead atoms. The highest BCUT2D eigenvalue weighted by Gasteiger charge is 2.52. The molecule has 6 nitrogen and oxygen atoms in total. The number of nitrogen functional groups attached to an aromatic ring is 1. The number of aromatic nitrogens is 2. The zero-order valence-electron chi connectivity index (χ0n) is 16.2. The minimum atomic E-state index is -4.40. The van der Waals surface area contributed by atoms with E-state index in [2.05, 4.69) is 10.2 Å². The third-order valence-electron chi connectivity index (χ3n) is 5.25. The fourth-order valence-corrected chi connectivity index (χ4v) is 3.75. The second-order valence-electron chi connectivity index (χ2n) is 7.66. The number of carbonyl (C=O) groups is 1. The second kappa shape index (κ2) is 7.88. The molecule has 1 aliphatic rings. The van der Waals surface area contributed by atoms with Crippen molar-refractivity contribution in [1.29, 1.82) is 0 Å². The van der Waals surface area contributed by atoms with Gasteiger partial charge in [-0.2, -0.15) is 18.3 Å². The number of anilines is 1. The molecule has 156 valence electrons. The lowest BCUT2D eigenvalue weighted by molar-refractivity contribution is -0.202. The number of hydrogen-bond donors (Lipinski definition) is 1. The van der Waals surface area contributed by atoms with Crippen molar-refractivity contribution >= 4 is 11.7 Å². The van der Waals surface area contributed by atoms with Gasteiger partial charge in [0.15, 0.2) is 0 Å². The number of ether oxygens (including phenoxy) is 1. The van der Waals surface area contributed by atoms with Crippen molar-refractivity contribution < 1.29 is 22.7 Å². The first-order valence-corrected chi connectivity index (χ1v) is 9.18. The van der Waals surface area contributed by atoms with E-state index in [1.54, 1.807) is 37.3 Å². The summed E-state index contributed by atoms with van der Waals surface area (Å²) in [7, 11) is 1.53. The fraction of sp³-hybridized carbons (Fsp3) is 0.450. The summed E-state index contributed by atoms with van der Waals surface area (Å²) in [4.78, 5) is 14.5. The molecular formula is C20H23F3N4O2. The summed E-state index contributed by atoms with van der Waals surface area (Å²) in [6, 6.07) is 10.0. The lowest BCUT2D eigenvalue weighted by Gasteiger charge is -2.44. The van der Waals surface area contributed by atoms with Crippen LogP contribution in [-0.4, -0.2) is 40.8 Å². The molecule has 0 saturated carbocycles. The van der Waals surface area contributed by atoms with Crippen LogP contribution in [0, 0.1) is 11.3 Å². The minimum Gasteiger partial charge on any atom is -0.497 e. The third-order valence-corrected chi connectivity index (χ3v) is 5.25. The van der Waals surface area contributed by atoms with Crippen LogP contribution in [0.15, 0.2) is 36.4 Å². The maximum absolute atomic E-state index is 13.6. The SMILES string of the molecule is COc1ccc(CN2C[C@H](C(F)(F)F)CC(C)(Cc3ccc(N)nn3)C2=O)cc1. The molecule has 3 rings (SSSR count). The molecule has 2 N–H and O–H groups in total.